The Morgan fingerprint density at radius 2 is 2.00 bits per heavy atom. The van der Waals surface area contributed by atoms with E-state index in [2.05, 4.69) is 4.72 Å². The first-order chi connectivity index (χ1) is 14.7. The molecule has 0 bridgehead atoms. The van der Waals surface area contributed by atoms with Gasteiger partial charge in [0.25, 0.3) is 0 Å². The SMILES string of the molecule is CSCCC(NS(=O)(=O)c1ccccc1F)C(=O)N(C)CCCOc1cccc(Cl)c1. The summed E-state index contributed by atoms with van der Waals surface area (Å²) >= 11 is 7.41. The largest absolute Gasteiger partial charge is 0.493 e. The van der Waals surface area contributed by atoms with Crippen LogP contribution < -0.4 is 9.46 Å². The Kier molecular flexibility index (Phi) is 10.1. The van der Waals surface area contributed by atoms with E-state index in [0.717, 1.165) is 6.07 Å². The Balaban J connectivity index is 1.97. The molecular formula is C21H26ClFN2O4S2. The Morgan fingerprint density at radius 1 is 1.26 bits per heavy atom. The van der Waals surface area contributed by atoms with Crippen LogP contribution in [0.15, 0.2) is 53.4 Å². The van der Waals surface area contributed by atoms with Gasteiger partial charge in [0.1, 0.15) is 22.5 Å². The van der Waals surface area contributed by atoms with Crippen LogP contribution in [0.1, 0.15) is 12.8 Å². The van der Waals surface area contributed by atoms with Crippen LogP contribution in [-0.4, -0.2) is 57.5 Å². The summed E-state index contributed by atoms with van der Waals surface area (Å²) in [6, 6.07) is 11.1. The fourth-order valence-electron chi connectivity index (χ4n) is 2.81. The fourth-order valence-corrected chi connectivity index (χ4v) is 4.76. The lowest BCUT2D eigenvalue weighted by atomic mass is 10.2. The molecule has 170 valence electrons. The van der Waals surface area contributed by atoms with Crippen molar-refractivity contribution in [3.63, 3.8) is 0 Å². The standard InChI is InChI=1S/C21H26ClFN2O4S2/c1-25(12-6-13-29-17-8-5-7-16(22)15-17)21(26)19(11-14-30-2)24-31(27,28)20-10-4-3-9-18(20)23/h3-5,7-10,15,19,24H,6,11-14H2,1-2H3. The highest BCUT2D eigenvalue weighted by molar-refractivity contribution is 7.98. The molecule has 1 N–H and O–H groups in total. The van der Waals surface area contributed by atoms with Gasteiger partial charge in [-0.2, -0.15) is 16.5 Å². The third-order valence-corrected chi connectivity index (χ3v) is 6.80. The number of nitrogens with zero attached hydrogens (tertiary/aromatic N) is 1. The molecule has 1 amide bonds. The van der Waals surface area contributed by atoms with Crippen LogP contribution in [0.25, 0.3) is 0 Å². The molecule has 1 atom stereocenters. The van der Waals surface area contributed by atoms with E-state index >= 15 is 0 Å². The van der Waals surface area contributed by atoms with Gasteiger partial charge >= 0.3 is 0 Å². The number of halogens is 2. The molecule has 0 saturated heterocycles. The van der Waals surface area contributed by atoms with E-state index in [1.165, 1.54) is 34.9 Å². The molecule has 0 spiro atoms. The van der Waals surface area contributed by atoms with Gasteiger partial charge in [0, 0.05) is 18.6 Å². The third-order valence-electron chi connectivity index (χ3n) is 4.41. The zero-order valence-electron chi connectivity index (χ0n) is 17.4. The smallest absolute Gasteiger partial charge is 0.244 e. The van der Waals surface area contributed by atoms with Crippen molar-refractivity contribution >= 4 is 39.3 Å². The summed E-state index contributed by atoms with van der Waals surface area (Å²) < 4.78 is 47.2. The lowest BCUT2D eigenvalue weighted by molar-refractivity contribution is -0.131. The van der Waals surface area contributed by atoms with Crippen molar-refractivity contribution in [1.82, 2.24) is 9.62 Å². The number of hydrogen-bond acceptors (Lipinski definition) is 5. The second kappa shape index (κ2) is 12.3. The number of ether oxygens (including phenoxy) is 1. The average Bonchev–Trinajstić information content (AvgIpc) is 2.73. The first-order valence-electron chi connectivity index (χ1n) is 9.63. The highest BCUT2D eigenvalue weighted by Crippen LogP contribution is 2.18. The number of rotatable bonds is 12. The average molecular weight is 489 g/mol. The van der Waals surface area contributed by atoms with Crippen molar-refractivity contribution in [3.05, 3.63) is 59.4 Å². The molecule has 2 rings (SSSR count). The minimum Gasteiger partial charge on any atom is -0.493 e. The van der Waals surface area contributed by atoms with Crippen LogP contribution in [0.5, 0.6) is 5.75 Å². The van der Waals surface area contributed by atoms with E-state index in [1.54, 1.807) is 31.3 Å². The van der Waals surface area contributed by atoms with Crippen molar-refractivity contribution < 1.29 is 22.3 Å². The number of likely N-dealkylation sites (N-methyl/N-ethyl adjacent to an activating group) is 1. The summed E-state index contributed by atoms with van der Waals surface area (Å²) in [4.78, 5) is 13.9. The van der Waals surface area contributed by atoms with Gasteiger partial charge in [0.2, 0.25) is 15.9 Å². The highest BCUT2D eigenvalue weighted by Gasteiger charge is 2.29. The summed E-state index contributed by atoms with van der Waals surface area (Å²) in [7, 11) is -2.58. The molecule has 10 heteroatoms. The van der Waals surface area contributed by atoms with Gasteiger partial charge in [-0.1, -0.05) is 29.8 Å². The number of carbonyl (C=O) groups excluding carboxylic acids is 1. The van der Waals surface area contributed by atoms with Crippen molar-refractivity contribution in [2.75, 3.05) is 32.2 Å². The molecule has 2 aromatic carbocycles. The van der Waals surface area contributed by atoms with Crippen molar-refractivity contribution in [1.29, 1.82) is 0 Å². The zero-order chi connectivity index (χ0) is 22.9. The van der Waals surface area contributed by atoms with E-state index in [1.807, 2.05) is 6.26 Å². The van der Waals surface area contributed by atoms with E-state index in [4.69, 9.17) is 16.3 Å². The molecule has 0 saturated carbocycles. The van der Waals surface area contributed by atoms with Crippen LogP contribution in [0.2, 0.25) is 5.02 Å². The minimum absolute atomic E-state index is 0.289. The number of benzene rings is 2. The molecule has 0 aliphatic heterocycles. The number of hydrogen-bond donors (Lipinski definition) is 1. The second-order valence-electron chi connectivity index (χ2n) is 6.80. The number of amides is 1. The van der Waals surface area contributed by atoms with Crippen LogP contribution in [0, 0.1) is 5.82 Å². The van der Waals surface area contributed by atoms with Gasteiger partial charge in [-0.05, 0) is 55.2 Å². The van der Waals surface area contributed by atoms with Crippen LogP contribution in [0.4, 0.5) is 4.39 Å². The molecule has 31 heavy (non-hydrogen) atoms. The fraction of sp³-hybridized carbons (Fsp3) is 0.381. The molecule has 0 heterocycles. The second-order valence-corrected chi connectivity index (χ2v) is 9.91. The van der Waals surface area contributed by atoms with Gasteiger partial charge in [0.05, 0.1) is 6.61 Å². The molecule has 0 aromatic heterocycles. The number of carbonyl (C=O) groups is 1. The van der Waals surface area contributed by atoms with Gasteiger partial charge in [-0.3, -0.25) is 4.79 Å². The molecule has 0 aliphatic carbocycles. The van der Waals surface area contributed by atoms with E-state index in [9.17, 15) is 17.6 Å². The van der Waals surface area contributed by atoms with Crippen molar-refractivity contribution in [2.24, 2.45) is 0 Å². The summed E-state index contributed by atoms with van der Waals surface area (Å²) in [5, 5.41) is 0.573. The quantitative estimate of drug-likeness (QED) is 0.460. The number of nitrogens with one attached hydrogen (secondary N) is 1. The number of sulfonamides is 1. The van der Waals surface area contributed by atoms with Crippen molar-refractivity contribution in [2.45, 2.75) is 23.8 Å². The first-order valence-corrected chi connectivity index (χ1v) is 12.9. The monoisotopic (exact) mass is 488 g/mol. The van der Waals surface area contributed by atoms with Crippen molar-refractivity contribution in [3.8, 4) is 5.75 Å². The first kappa shape index (κ1) is 25.5. The van der Waals surface area contributed by atoms with E-state index in [0.29, 0.717) is 36.1 Å². The van der Waals surface area contributed by atoms with Gasteiger partial charge in [-0.25, -0.2) is 12.8 Å². The lowest BCUT2D eigenvalue weighted by Crippen LogP contribution is -2.48. The number of thioether (sulfide) groups is 1. The summed E-state index contributed by atoms with van der Waals surface area (Å²) in [6.45, 7) is 0.741. The maximum Gasteiger partial charge on any atom is 0.244 e. The van der Waals surface area contributed by atoms with Gasteiger partial charge < -0.3 is 9.64 Å². The predicted molar refractivity (Wildman–Crippen MR) is 123 cm³/mol. The maximum atomic E-state index is 14.0. The summed E-state index contributed by atoms with van der Waals surface area (Å²) in [5.74, 6) is -0.0340. The molecule has 0 aliphatic rings. The van der Waals surface area contributed by atoms with Gasteiger partial charge in [0.15, 0.2) is 0 Å². The molecule has 0 fully saturated rings. The molecule has 6 nitrogen and oxygen atoms in total. The molecular weight excluding hydrogens is 463 g/mol. The predicted octanol–water partition coefficient (Wildman–Crippen LogP) is 3.81. The molecule has 2 aromatic rings. The Hall–Kier alpha value is -1.81. The summed E-state index contributed by atoms with van der Waals surface area (Å²) in [5.41, 5.74) is 0. The molecule has 1 unspecified atom stereocenters. The van der Waals surface area contributed by atoms with Crippen LogP contribution >= 0.6 is 23.4 Å². The zero-order valence-corrected chi connectivity index (χ0v) is 19.8. The van der Waals surface area contributed by atoms with Crippen LogP contribution in [0.3, 0.4) is 0 Å². The lowest BCUT2D eigenvalue weighted by Gasteiger charge is -2.24. The van der Waals surface area contributed by atoms with E-state index in [-0.39, 0.29) is 12.3 Å². The van der Waals surface area contributed by atoms with Crippen LogP contribution in [-0.2, 0) is 14.8 Å². The topological polar surface area (TPSA) is 75.7 Å². The Bertz CT molecular complexity index is 975. The Labute approximate surface area is 192 Å². The molecule has 0 radical (unpaired) electrons. The Morgan fingerprint density at radius 3 is 2.68 bits per heavy atom. The maximum absolute atomic E-state index is 14.0. The highest BCUT2D eigenvalue weighted by atomic mass is 35.5. The van der Waals surface area contributed by atoms with E-state index < -0.39 is 26.8 Å². The van der Waals surface area contributed by atoms with Gasteiger partial charge in [-0.15, -0.1) is 0 Å². The normalized spacial score (nSPS) is 12.4. The summed E-state index contributed by atoms with van der Waals surface area (Å²) in [6.07, 6.45) is 2.70. The minimum atomic E-state index is -4.18. The third kappa shape index (κ3) is 7.99.